The molecule has 1 aromatic heterocycles. The molecule has 0 saturated carbocycles. The van der Waals surface area contributed by atoms with E-state index >= 15 is 0 Å². The Labute approximate surface area is 112 Å². The molecule has 0 amide bonds. The maximum absolute atomic E-state index is 4.72. The Morgan fingerprint density at radius 2 is 1.89 bits per heavy atom. The molecule has 0 bridgehead atoms. The maximum Gasteiger partial charge on any atom is 0.0627 e. The summed E-state index contributed by atoms with van der Waals surface area (Å²) in [5.74, 6) is 0.620. The van der Waals surface area contributed by atoms with E-state index in [1.54, 1.807) is 0 Å². The second-order valence-corrected chi connectivity index (χ2v) is 5.29. The van der Waals surface area contributed by atoms with E-state index in [9.17, 15) is 0 Å². The average Bonchev–Trinajstić information content (AvgIpc) is 2.79. The lowest BCUT2D eigenvalue weighted by Gasteiger charge is -2.19. The van der Waals surface area contributed by atoms with Crippen molar-refractivity contribution in [3.05, 3.63) is 18.0 Å². The molecule has 3 heteroatoms. The van der Waals surface area contributed by atoms with Gasteiger partial charge in [0.25, 0.3) is 0 Å². The number of aromatic nitrogens is 2. The molecule has 1 rings (SSSR count). The van der Waals surface area contributed by atoms with E-state index in [0.29, 0.717) is 18.0 Å². The maximum atomic E-state index is 4.72. The van der Waals surface area contributed by atoms with Gasteiger partial charge >= 0.3 is 0 Å². The van der Waals surface area contributed by atoms with Crippen LogP contribution < -0.4 is 5.32 Å². The van der Waals surface area contributed by atoms with E-state index < -0.39 is 0 Å². The minimum atomic E-state index is 0.549. The van der Waals surface area contributed by atoms with E-state index in [2.05, 4.69) is 56.9 Å². The SMILES string of the molecule is CCNC(C)C(C)Cc1ccn(C(CC)CC)n1. The number of nitrogens with zero attached hydrogens (tertiary/aromatic N) is 2. The zero-order valence-corrected chi connectivity index (χ0v) is 12.6. The molecule has 1 aromatic rings. The highest BCUT2D eigenvalue weighted by atomic mass is 15.3. The summed E-state index contributed by atoms with van der Waals surface area (Å²) < 4.78 is 2.14. The minimum absolute atomic E-state index is 0.549. The minimum Gasteiger partial charge on any atom is -0.314 e. The van der Waals surface area contributed by atoms with E-state index in [-0.39, 0.29) is 0 Å². The summed E-state index contributed by atoms with van der Waals surface area (Å²) in [6.07, 6.45) is 5.50. The number of rotatable bonds is 8. The predicted octanol–water partition coefficient (Wildman–Crippen LogP) is 3.42. The normalized spacial score (nSPS) is 15.0. The summed E-state index contributed by atoms with van der Waals surface area (Å²) in [7, 11) is 0. The largest absolute Gasteiger partial charge is 0.314 e. The number of hydrogen-bond acceptors (Lipinski definition) is 2. The van der Waals surface area contributed by atoms with Gasteiger partial charge in [-0.3, -0.25) is 4.68 Å². The van der Waals surface area contributed by atoms with E-state index in [1.807, 2.05) is 0 Å². The summed E-state index contributed by atoms with van der Waals surface area (Å²) in [5, 5.41) is 8.21. The second kappa shape index (κ2) is 7.57. The zero-order chi connectivity index (χ0) is 13.5. The summed E-state index contributed by atoms with van der Waals surface area (Å²) >= 11 is 0. The van der Waals surface area contributed by atoms with Gasteiger partial charge in [0.15, 0.2) is 0 Å². The summed E-state index contributed by atoms with van der Waals surface area (Å²) in [6.45, 7) is 12.2. The van der Waals surface area contributed by atoms with Crippen molar-refractivity contribution in [1.82, 2.24) is 15.1 Å². The average molecular weight is 251 g/mol. The third-order valence-electron chi connectivity index (χ3n) is 3.89. The predicted molar refractivity (Wildman–Crippen MR) is 77.9 cm³/mol. The van der Waals surface area contributed by atoms with Crippen molar-refractivity contribution in [3.8, 4) is 0 Å². The Morgan fingerprint density at radius 1 is 1.22 bits per heavy atom. The van der Waals surface area contributed by atoms with Crippen molar-refractivity contribution in [2.24, 2.45) is 5.92 Å². The summed E-state index contributed by atoms with van der Waals surface area (Å²) in [6, 6.07) is 3.28. The first-order valence-electron chi connectivity index (χ1n) is 7.39. The van der Waals surface area contributed by atoms with Gasteiger partial charge in [0.2, 0.25) is 0 Å². The molecule has 1 N–H and O–H groups in total. The van der Waals surface area contributed by atoms with Crippen LogP contribution in [0, 0.1) is 5.92 Å². The van der Waals surface area contributed by atoms with Crippen LogP contribution >= 0.6 is 0 Å². The molecule has 2 atom stereocenters. The lowest BCUT2D eigenvalue weighted by Crippen LogP contribution is -2.33. The summed E-state index contributed by atoms with van der Waals surface area (Å²) in [4.78, 5) is 0. The Morgan fingerprint density at radius 3 is 2.44 bits per heavy atom. The van der Waals surface area contributed by atoms with Crippen molar-refractivity contribution in [1.29, 1.82) is 0 Å². The highest BCUT2D eigenvalue weighted by molar-refractivity contribution is 5.01. The van der Waals surface area contributed by atoms with Crippen LogP contribution in [0.4, 0.5) is 0 Å². The molecule has 0 fully saturated rings. The van der Waals surface area contributed by atoms with Crippen LogP contribution in [0.15, 0.2) is 12.3 Å². The molecule has 0 spiro atoms. The monoisotopic (exact) mass is 251 g/mol. The lowest BCUT2D eigenvalue weighted by molar-refractivity contribution is 0.393. The highest BCUT2D eigenvalue weighted by Crippen LogP contribution is 2.16. The third kappa shape index (κ3) is 4.13. The molecule has 2 unspecified atom stereocenters. The van der Waals surface area contributed by atoms with Gasteiger partial charge in [0, 0.05) is 12.2 Å². The zero-order valence-electron chi connectivity index (χ0n) is 12.6. The van der Waals surface area contributed by atoms with Crippen LogP contribution in [0.5, 0.6) is 0 Å². The summed E-state index contributed by atoms with van der Waals surface area (Å²) in [5.41, 5.74) is 1.22. The quantitative estimate of drug-likeness (QED) is 0.767. The van der Waals surface area contributed by atoms with Crippen LogP contribution in [0.2, 0.25) is 0 Å². The van der Waals surface area contributed by atoms with Gasteiger partial charge in [-0.05, 0) is 44.7 Å². The van der Waals surface area contributed by atoms with Crippen molar-refractivity contribution < 1.29 is 0 Å². The Hall–Kier alpha value is -0.830. The smallest absolute Gasteiger partial charge is 0.0627 e. The van der Waals surface area contributed by atoms with Gasteiger partial charge in [-0.1, -0.05) is 27.7 Å². The molecule has 104 valence electrons. The van der Waals surface area contributed by atoms with Crippen LogP contribution in [0.1, 0.15) is 59.2 Å². The van der Waals surface area contributed by atoms with Gasteiger partial charge in [-0.15, -0.1) is 0 Å². The lowest BCUT2D eigenvalue weighted by atomic mass is 9.98. The topological polar surface area (TPSA) is 29.9 Å². The van der Waals surface area contributed by atoms with Gasteiger partial charge in [0.05, 0.1) is 11.7 Å². The first-order chi connectivity index (χ1) is 8.62. The molecular weight excluding hydrogens is 222 g/mol. The van der Waals surface area contributed by atoms with Crippen molar-refractivity contribution in [2.45, 2.75) is 66.0 Å². The van der Waals surface area contributed by atoms with Gasteiger partial charge in [-0.25, -0.2) is 0 Å². The van der Waals surface area contributed by atoms with E-state index in [4.69, 9.17) is 5.10 Å². The molecule has 0 aliphatic heterocycles. The fourth-order valence-corrected chi connectivity index (χ4v) is 2.38. The molecule has 3 nitrogen and oxygen atoms in total. The van der Waals surface area contributed by atoms with Crippen LogP contribution in [0.3, 0.4) is 0 Å². The van der Waals surface area contributed by atoms with Crippen molar-refractivity contribution >= 4 is 0 Å². The van der Waals surface area contributed by atoms with Gasteiger partial charge in [0.1, 0.15) is 0 Å². The molecule has 0 saturated heterocycles. The Bertz CT molecular complexity index is 328. The van der Waals surface area contributed by atoms with Crippen LogP contribution in [-0.2, 0) is 6.42 Å². The molecule has 18 heavy (non-hydrogen) atoms. The van der Waals surface area contributed by atoms with E-state index in [1.165, 1.54) is 5.69 Å². The fraction of sp³-hybridized carbons (Fsp3) is 0.800. The van der Waals surface area contributed by atoms with E-state index in [0.717, 1.165) is 25.8 Å². The van der Waals surface area contributed by atoms with Crippen molar-refractivity contribution in [3.63, 3.8) is 0 Å². The Balaban J connectivity index is 2.58. The first-order valence-corrected chi connectivity index (χ1v) is 7.39. The Kier molecular flexibility index (Phi) is 6.41. The molecule has 0 aliphatic carbocycles. The standard InChI is InChI=1S/C15H29N3/c1-6-15(7-2)18-10-9-14(17-18)11-12(4)13(5)16-8-3/h9-10,12-13,15-16H,6-8,11H2,1-5H3. The number of hydrogen-bond donors (Lipinski definition) is 1. The molecule has 1 heterocycles. The number of nitrogens with one attached hydrogen (secondary N) is 1. The molecule has 0 aliphatic rings. The molecule has 0 radical (unpaired) electrons. The molecular formula is C15H29N3. The first kappa shape index (κ1) is 15.2. The second-order valence-electron chi connectivity index (χ2n) is 5.29. The van der Waals surface area contributed by atoms with Crippen LogP contribution in [0.25, 0.3) is 0 Å². The fourth-order valence-electron chi connectivity index (χ4n) is 2.38. The van der Waals surface area contributed by atoms with Gasteiger partial charge < -0.3 is 5.32 Å². The van der Waals surface area contributed by atoms with Crippen LogP contribution in [-0.4, -0.2) is 22.4 Å². The van der Waals surface area contributed by atoms with Gasteiger partial charge in [-0.2, -0.15) is 5.10 Å². The third-order valence-corrected chi connectivity index (χ3v) is 3.89. The molecule has 0 aromatic carbocycles. The van der Waals surface area contributed by atoms with Crippen molar-refractivity contribution in [2.75, 3.05) is 6.54 Å². The highest BCUT2D eigenvalue weighted by Gasteiger charge is 2.14.